The third-order valence-electron chi connectivity index (χ3n) is 10.6. The highest BCUT2D eigenvalue weighted by atomic mass is 31.2. The van der Waals surface area contributed by atoms with E-state index < -0.39 is 19.9 Å². The number of phosphoric ester groups is 1. The molecule has 0 aromatic heterocycles. The summed E-state index contributed by atoms with van der Waals surface area (Å²) in [6, 6.07) is 34.9. The molecule has 55 heavy (non-hydrogen) atoms. The maximum atomic E-state index is 14.3. The highest BCUT2D eigenvalue weighted by molar-refractivity contribution is 7.48. The van der Waals surface area contributed by atoms with Crippen molar-refractivity contribution in [1.29, 1.82) is 0 Å². The van der Waals surface area contributed by atoms with Crippen molar-refractivity contribution in [2.45, 2.75) is 111 Å². The standard InChI is InChI=1S/C44H53O8P.C2H6/c1-2-3-7-22-38(52-53(47,50-30-34-17-10-5-11-18-34)51-31-35-19-12-6-13-20-35)24-25-39-40-26-36-21-14-23-43(41(36)27-37(40)28-42(39)45)48-32-44(46)49-29-33-15-8-4-9-16-33;1-2/h4-6,8-21,23,37-40,42,45H,2-3,7,22,24-32H2,1H3;1-2H3/t37?,38?,39?,40?,42-;/m1./s1. The number of phosphoric acid groups is 1. The number of hydrogen-bond donors (Lipinski definition) is 1. The molecule has 1 N–H and O–H groups in total. The predicted molar refractivity (Wildman–Crippen MR) is 216 cm³/mol. The zero-order valence-electron chi connectivity index (χ0n) is 32.7. The fourth-order valence-corrected chi connectivity index (χ4v) is 9.23. The number of unbranched alkanes of at least 4 members (excludes halogenated alkanes) is 2. The van der Waals surface area contributed by atoms with Gasteiger partial charge in [0.05, 0.1) is 25.4 Å². The zero-order chi connectivity index (χ0) is 38.9. The molecule has 0 spiro atoms. The summed E-state index contributed by atoms with van der Waals surface area (Å²) >= 11 is 0. The molecular formula is C46H59O8P. The van der Waals surface area contributed by atoms with Crippen LogP contribution in [0.3, 0.4) is 0 Å². The lowest BCUT2D eigenvalue weighted by atomic mass is 9.73. The Morgan fingerprint density at radius 3 is 1.96 bits per heavy atom. The van der Waals surface area contributed by atoms with Crippen molar-refractivity contribution < 1.29 is 37.5 Å². The second-order valence-electron chi connectivity index (χ2n) is 14.4. The minimum atomic E-state index is -3.95. The summed E-state index contributed by atoms with van der Waals surface area (Å²) in [6.07, 6.45) is 6.70. The fourth-order valence-electron chi connectivity index (χ4n) is 7.84. The quantitative estimate of drug-likeness (QED) is 0.0539. The normalized spacial score (nSPS) is 19.3. The van der Waals surface area contributed by atoms with E-state index in [1.165, 1.54) is 5.56 Å². The predicted octanol–water partition coefficient (Wildman–Crippen LogP) is 10.8. The molecule has 5 atom stereocenters. The van der Waals surface area contributed by atoms with Crippen LogP contribution < -0.4 is 4.74 Å². The van der Waals surface area contributed by atoms with E-state index in [1.54, 1.807) is 0 Å². The second kappa shape index (κ2) is 22.1. The number of esters is 1. The minimum absolute atomic E-state index is 0.0813. The molecule has 0 heterocycles. The van der Waals surface area contributed by atoms with Gasteiger partial charge in [-0.2, -0.15) is 0 Å². The smallest absolute Gasteiger partial charge is 0.475 e. The summed E-state index contributed by atoms with van der Waals surface area (Å²) in [5.41, 5.74) is 5.02. The largest absolute Gasteiger partial charge is 0.482 e. The molecule has 1 fully saturated rings. The molecule has 4 aromatic rings. The molecule has 9 heteroatoms. The minimum Gasteiger partial charge on any atom is -0.482 e. The van der Waals surface area contributed by atoms with Gasteiger partial charge in [-0.25, -0.2) is 9.36 Å². The molecule has 8 nitrogen and oxygen atoms in total. The lowest BCUT2D eigenvalue weighted by molar-refractivity contribution is -0.147. The Morgan fingerprint density at radius 2 is 1.36 bits per heavy atom. The summed E-state index contributed by atoms with van der Waals surface area (Å²) in [5, 5.41) is 11.4. The van der Waals surface area contributed by atoms with Gasteiger partial charge in [0.2, 0.25) is 0 Å². The average molecular weight is 771 g/mol. The molecule has 4 unspecified atom stereocenters. The highest BCUT2D eigenvalue weighted by Gasteiger charge is 2.45. The Labute approximate surface area is 328 Å². The van der Waals surface area contributed by atoms with Crippen LogP contribution in [0.25, 0.3) is 0 Å². The first-order chi connectivity index (χ1) is 26.9. The number of fused-ring (bicyclic) bond motifs is 2. The van der Waals surface area contributed by atoms with Crippen molar-refractivity contribution >= 4 is 13.8 Å². The van der Waals surface area contributed by atoms with Crippen LogP contribution in [-0.4, -0.2) is 29.9 Å². The van der Waals surface area contributed by atoms with Crippen molar-refractivity contribution in [3.8, 4) is 5.75 Å². The molecule has 0 bridgehead atoms. The number of ether oxygens (including phenoxy) is 2. The maximum Gasteiger partial charge on any atom is 0.475 e. The first-order valence-electron chi connectivity index (χ1n) is 20.2. The van der Waals surface area contributed by atoms with Crippen LogP contribution in [0.2, 0.25) is 0 Å². The summed E-state index contributed by atoms with van der Waals surface area (Å²) in [4.78, 5) is 12.5. The second-order valence-corrected chi connectivity index (χ2v) is 16.0. The number of carbonyl (C=O) groups excluding carboxylic acids is 1. The summed E-state index contributed by atoms with van der Waals surface area (Å²) < 4.78 is 44.1. The molecule has 296 valence electrons. The van der Waals surface area contributed by atoms with E-state index in [9.17, 15) is 14.5 Å². The van der Waals surface area contributed by atoms with E-state index in [4.69, 9.17) is 23.0 Å². The zero-order valence-corrected chi connectivity index (χ0v) is 33.6. The van der Waals surface area contributed by atoms with Crippen LogP contribution in [0.1, 0.15) is 93.5 Å². The van der Waals surface area contributed by atoms with Crippen molar-refractivity contribution in [1.82, 2.24) is 0 Å². The Morgan fingerprint density at radius 1 is 0.764 bits per heavy atom. The molecule has 0 radical (unpaired) electrons. The van der Waals surface area contributed by atoms with E-state index in [-0.39, 0.29) is 38.4 Å². The van der Waals surface area contributed by atoms with E-state index in [0.717, 1.165) is 67.2 Å². The number of rotatable bonds is 20. The molecule has 1 saturated carbocycles. The Kier molecular flexibility index (Phi) is 17.0. The molecule has 6 rings (SSSR count). The third-order valence-corrected chi connectivity index (χ3v) is 12.1. The number of benzene rings is 4. The highest BCUT2D eigenvalue weighted by Crippen LogP contribution is 2.54. The summed E-state index contributed by atoms with van der Waals surface area (Å²) in [5.74, 6) is 0.980. The first-order valence-corrected chi connectivity index (χ1v) is 21.6. The van der Waals surface area contributed by atoms with E-state index in [1.807, 2.05) is 117 Å². The van der Waals surface area contributed by atoms with Gasteiger partial charge in [0.25, 0.3) is 0 Å². The number of hydrogen-bond acceptors (Lipinski definition) is 8. The topological polar surface area (TPSA) is 101 Å². The van der Waals surface area contributed by atoms with E-state index >= 15 is 0 Å². The van der Waals surface area contributed by atoms with Gasteiger partial charge in [-0.1, -0.05) is 143 Å². The van der Waals surface area contributed by atoms with Crippen molar-refractivity contribution in [2.75, 3.05) is 6.61 Å². The number of aliphatic hydroxyl groups is 1. The molecule has 4 aromatic carbocycles. The molecule has 0 amide bonds. The van der Waals surface area contributed by atoms with E-state index in [0.29, 0.717) is 30.4 Å². The van der Waals surface area contributed by atoms with Crippen LogP contribution in [0, 0.1) is 17.8 Å². The van der Waals surface area contributed by atoms with Crippen LogP contribution in [0.4, 0.5) is 0 Å². The van der Waals surface area contributed by atoms with Gasteiger partial charge in [-0.05, 0) is 90.2 Å². The van der Waals surface area contributed by atoms with Crippen molar-refractivity contribution in [3.05, 3.63) is 137 Å². The van der Waals surface area contributed by atoms with Crippen LogP contribution in [0.15, 0.2) is 109 Å². The van der Waals surface area contributed by atoms with Gasteiger partial charge < -0.3 is 14.6 Å². The SMILES string of the molecule is CC.CCCCCC(CCC1C2Cc3cccc(OCC(=O)OCc4ccccc4)c3CC2C[C@H]1O)OP(=O)(OCc1ccccc1)OCc1ccccc1. The lowest BCUT2D eigenvalue weighted by Crippen LogP contribution is -2.28. The molecular weight excluding hydrogens is 711 g/mol. The van der Waals surface area contributed by atoms with Gasteiger partial charge >= 0.3 is 13.8 Å². The van der Waals surface area contributed by atoms with E-state index in [2.05, 4.69) is 13.0 Å². The number of aliphatic hydroxyl groups excluding tert-OH is 1. The van der Waals surface area contributed by atoms with Crippen molar-refractivity contribution in [2.24, 2.45) is 17.8 Å². The van der Waals surface area contributed by atoms with Gasteiger partial charge in [0.1, 0.15) is 12.4 Å². The molecule has 0 saturated heterocycles. The Bertz CT molecular complexity index is 1700. The van der Waals surface area contributed by atoms with Crippen LogP contribution in [0.5, 0.6) is 5.75 Å². The number of carbonyl (C=O) groups is 1. The maximum absolute atomic E-state index is 14.3. The summed E-state index contributed by atoms with van der Waals surface area (Å²) in [6.45, 7) is 6.44. The first kappa shape index (κ1) is 42.4. The van der Waals surface area contributed by atoms with Crippen LogP contribution in [-0.2, 0) is 60.3 Å². The summed E-state index contributed by atoms with van der Waals surface area (Å²) in [7, 11) is -3.95. The molecule has 0 aliphatic heterocycles. The van der Waals surface area contributed by atoms with Crippen LogP contribution >= 0.6 is 7.82 Å². The fraction of sp³-hybridized carbons (Fsp3) is 0.457. The van der Waals surface area contributed by atoms with Crippen molar-refractivity contribution in [3.63, 3.8) is 0 Å². The van der Waals surface area contributed by atoms with Gasteiger partial charge in [0.15, 0.2) is 6.61 Å². The third kappa shape index (κ3) is 12.9. The lowest BCUT2D eigenvalue weighted by Gasteiger charge is -2.33. The Balaban J connectivity index is 0.00000285. The van der Waals surface area contributed by atoms with Gasteiger partial charge in [-0.15, -0.1) is 0 Å². The van der Waals surface area contributed by atoms with Gasteiger partial charge in [0, 0.05) is 0 Å². The van der Waals surface area contributed by atoms with Gasteiger partial charge in [-0.3, -0.25) is 13.6 Å². The molecule has 2 aliphatic rings. The average Bonchev–Trinajstić information content (AvgIpc) is 3.54. The molecule has 2 aliphatic carbocycles. The Hall–Kier alpha value is -3.78. The monoisotopic (exact) mass is 770 g/mol.